The Labute approximate surface area is 164 Å². The third kappa shape index (κ3) is 3.87. The van der Waals surface area contributed by atoms with Gasteiger partial charge in [0.1, 0.15) is 0 Å². The lowest BCUT2D eigenvalue weighted by Gasteiger charge is -2.57. The number of carbonyl (C=O) groups excluding carboxylic acids is 1. The predicted octanol–water partition coefficient (Wildman–Crippen LogP) is 4.89. The van der Waals surface area contributed by atoms with Gasteiger partial charge in [-0.1, -0.05) is 31.9 Å². The van der Waals surface area contributed by atoms with Gasteiger partial charge in [-0.25, -0.2) is 4.79 Å². The Kier molecular flexibility index (Phi) is 5.72. The first-order valence-corrected chi connectivity index (χ1v) is 11.1. The Bertz CT molecular complexity index is 659. The average molecular weight is 370 g/mol. The number of nitrogens with zero attached hydrogens (tertiary/aromatic N) is 2. The Morgan fingerprint density at radius 1 is 1.22 bits per heavy atom. The zero-order valence-corrected chi connectivity index (χ0v) is 17.0. The minimum absolute atomic E-state index is 0.114. The number of carbonyl (C=O) groups is 1. The molecule has 0 unspecified atom stereocenters. The molecule has 4 nitrogen and oxygen atoms in total. The molecule has 2 amide bonds. The van der Waals surface area contributed by atoms with E-state index in [0.29, 0.717) is 17.9 Å². The van der Waals surface area contributed by atoms with Crippen LogP contribution in [0.15, 0.2) is 24.3 Å². The Hall–Kier alpha value is -1.55. The van der Waals surface area contributed by atoms with E-state index in [0.717, 1.165) is 24.7 Å². The molecule has 3 aliphatic heterocycles. The molecule has 4 heteroatoms. The van der Waals surface area contributed by atoms with Gasteiger partial charge >= 0.3 is 6.03 Å². The molecule has 4 rings (SSSR count). The largest absolute Gasteiger partial charge is 0.322 e. The molecule has 0 bridgehead atoms. The zero-order chi connectivity index (χ0) is 18.8. The van der Waals surface area contributed by atoms with E-state index < -0.39 is 0 Å². The highest BCUT2D eigenvalue weighted by Crippen LogP contribution is 2.43. The molecule has 0 spiro atoms. The van der Waals surface area contributed by atoms with Crippen LogP contribution >= 0.6 is 0 Å². The Morgan fingerprint density at radius 3 is 2.81 bits per heavy atom. The number of amides is 2. The monoisotopic (exact) mass is 369 g/mol. The maximum Gasteiger partial charge on any atom is 0.322 e. The summed E-state index contributed by atoms with van der Waals surface area (Å²) in [5, 5.41) is 3.20. The van der Waals surface area contributed by atoms with Crippen molar-refractivity contribution in [2.75, 3.05) is 25.0 Å². The summed E-state index contributed by atoms with van der Waals surface area (Å²) >= 11 is 0. The van der Waals surface area contributed by atoms with E-state index in [1.807, 2.05) is 12.1 Å². The first-order chi connectivity index (χ1) is 13.2. The van der Waals surface area contributed by atoms with Crippen LogP contribution in [0.2, 0.25) is 0 Å². The molecule has 0 saturated carbocycles. The molecule has 4 atom stereocenters. The van der Waals surface area contributed by atoms with Crippen molar-refractivity contribution >= 4 is 11.7 Å². The molecular formula is C23H35N3O. The molecule has 0 radical (unpaired) electrons. The number of urea groups is 1. The fourth-order valence-corrected chi connectivity index (χ4v) is 5.93. The van der Waals surface area contributed by atoms with Crippen LogP contribution in [-0.4, -0.2) is 47.5 Å². The molecule has 1 aromatic rings. The molecule has 0 aromatic heterocycles. The van der Waals surface area contributed by atoms with Gasteiger partial charge in [0.25, 0.3) is 0 Å². The summed E-state index contributed by atoms with van der Waals surface area (Å²) in [4.78, 5) is 18.3. The van der Waals surface area contributed by atoms with E-state index >= 15 is 0 Å². The number of rotatable bonds is 4. The number of hydrogen-bond donors (Lipinski definition) is 1. The average Bonchev–Trinajstić information content (AvgIpc) is 2.67. The maximum atomic E-state index is 13.3. The van der Waals surface area contributed by atoms with Crippen LogP contribution in [0.4, 0.5) is 10.5 Å². The highest BCUT2D eigenvalue weighted by molar-refractivity contribution is 5.89. The van der Waals surface area contributed by atoms with Gasteiger partial charge in [0.15, 0.2) is 0 Å². The summed E-state index contributed by atoms with van der Waals surface area (Å²) in [6.07, 6.45) is 8.73. The van der Waals surface area contributed by atoms with E-state index in [1.54, 1.807) is 0 Å². The van der Waals surface area contributed by atoms with E-state index in [-0.39, 0.29) is 6.03 Å². The summed E-state index contributed by atoms with van der Waals surface area (Å²) in [5.74, 6) is 1.32. The lowest BCUT2D eigenvalue weighted by Crippen LogP contribution is -2.66. The number of unbranched alkanes of at least 4 members (excludes halogenated alkanes) is 1. The number of piperidine rings is 3. The van der Waals surface area contributed by atoms with Gasteiger partial charge in [0, 0.05) is 24.3 Å². The van der Waals surface area contributed by atoms with Gasteiger partial charge in [-0.05, 0) is 81.6 Å². The van der Waals surface area contributed by atoms with Gasteiger partial charge in [0.2, 0.25) is 0 Å². The first kappa shape index (κ1) is 18.8. The van der Waals surface area contributed by atoms with Crippen LogP contribution in [0.1, 0.15) is 57.4 Å². The Morgan fingerprint density at radius 2 is 2.04 bits per heavy atom. The number of nitrogens with one attached hydrogen (secondary N) is 1. The molecule has 1 N–H and O–H groups in total. The zero-order valence-electron chi connectivity index (χ0n) is 17.0. The highest BCUT2D eigenvalue weighted by atomic mass is 16.2. The third-order valence-electron chi connectivity index (χ3n) is 7.06. The summed E-state index contributed by atoms with van der Waals surface area (Å²) in [6, 6.07) is 9.39. The fraction of sp³-hybridized carbons (Fsp3) is 0.696. The SMILES string of the molecule is CCCC[C@@H]1[C@H]2CCCN3CCC[C@@H](CN1C(=O)Nc1cccc(C)c1)[C@@H]23. The standard InChI is InChI=1S/C23H35N3O/c1-3-4-12-21-20-11-7-14-25-13-6-9-18(22(20)25)16-26(21)23(27)24-19-10-5-8-17(2)15-19/h5,8,10,15,18,20-22H,3-4,6-7,9,11-14,16H2,1-2H3,(H,24,27)/t18-,20+,21+,22-/m0/s1. The van der Waals surface area contributed by atoms with Crippen molar-refractivity contribution in [3.05, 3.63) is 29.8 Å². The number of aryl methyl sites for hydroxylation is 1. The minimum atomic E-state index is 0.114. The van der Waals surface area contributed by atoms with E-state index in [9.17, 15) is 4.79 Å². The van der Waals surface area contributed by atoms with Crippen LogP contribution in [0.3, 0.4) is 0 Å². The van der Waals surface area contributed by atoms with Crippen molar-refractivity contribution in [3.8, 4) is 0 Å². The van der Waals surface area contributed by atoms with Gasteiger partial charge in [-0.2, -0.15) is 0 Å². The molecule has 1 aromatic carbocycles. The number of likely N-dealkylation sites (tertiary alicyclic amines) is 1. The molecule has 27 heavy (non-hydrogen) atoms. The van der Waals surface area contributed by atoms with Crippen molar-refractivity contribution in [3.63, 3.8) is 0 Å². The molecule has 3 fully saturated rings. The van der Waals surface area contributed by atoms with Gasteiger partial charge < -0.3 is 10.2 Å². The molecule has 148 valence electrons. The second-order valence-electron chi connectivity index (χ2n) is 8.90. The minimum Gasteiger partial charge on any atom is -0.321 e. The summed E-state index contributed by atoms with van der Waals surface area (Å²) in [7, 11) is 0. The van der Waals surface area contributed by atoms with Crippen LogP contribution in [0.5, 0.6) is 0 Å². The normalized spacial score (nSPS) is 30.7. The van der Waals surface area contributed by atoms with Gasteiger partial charge in [-0.15, -0.1) is 0 Å². The second-order valence-corrected chi connectivity index (χ2v) is 8.90. The molecule has 0 aliphatic carbocycles. The summed E-state index contributed by atoms with van der Waals surface area (Å²) in [6.45, 7) is 7.81. The van der Waals surface area contributed by atoms with Gasteiger partial charge in [-0.3, -0.25) is 4.90 Å². The van der Waals surface area contributed by atoms with Crippen LogP contribution < -0.4 is 5.32 Å². The predicted molar refractivity (Wildman–Crippen MR) is 111 cm³/mol. The van der Waals surface area contributed by atoms with E-state index in [1.165, 1.54) is 57.2 Å². The van der Waals surface area contributed by atoms with Crippen molar-refractivity contribution in [1.29, 1.82) is 0 Å². The third-order valence-corrected chi connectivity index (χ3v) is 7.06. The summed E-state index contributed by atoms with van der Waals surface area (Å²) < 4.78 is 0. The summed E-state index contributed by atoms with van der Waals surface area (Å²) in [5.41, 5.74) is 2.11. The van der Waals surface area contributed by atoms with Crippen LogP contribution in [0, 0.1) is 18.8 Å². The highest BCUT2D eigenvalue weighted by Gasteiger charge is 2.49. The molecule has 3 aliphatic rings. The van der Waals surface area contributed by atoms with Crippen molar-refractivity contribution in [2.45, 2.75) is 70.9 Å². The van der Waals surface area contributed by atoms with Crippen LogP contribution in [0.25, 0.3) is 0 Å². The van der Waals surface area contributed by atoms with E-state index in [4.69, 9.17) is 0 Å². The van der Waals surface area contributed by atoms with Gasteiger partial charge in [0.05, 0.1) is 0 Å². The lowest BCUT2D eigenvalue weighted by molar-refractivity contribution is -0.0617. The quantitative estimate of drug-likeness (QED) is 0.820. The Balaban J connectivity index is 1.56. The van der Waals surface area contributed by atoms with E-state index in [2.05, 4.69) is 41.1 Å². The second kappa shape index (κ2) is 8.22. The number of benzene rings is 1. The smallest absolute Gasteiger partial charge is 0.321 e. The molecule has 3 saturated heterocycles. The molecular weight excluding hydrogens is 334 g/mol. The number of anilines is 1. The lowest BCUT2D eigenvalue weighted by atomic mass is 9.69. The van der Waals surface area contributed by atoms with Crippen LogP contribution in [-0.2, 0) is 0 Å². The van der Waals surface area contributed by atoms with Crippen molar-refractivity contribution in [1.82, 2.24) is 9.80 Å². The molecule has 3 heterocycles. The number of hydrogen-bond acceptors (Lipinski definition) is 2. The van der Waals surface area contributed by atoms with Crippen molar-refractivity contribution in [2.24, 2.45) is 11.8 Å². The first-order valence-electron chi connectivity index (χ1n) is 11.1. The maximum absolute atomic E-state index is 13.3. The topological polar surface area (TPSA) is 35.6 Å². The van der Waals surface area contributed by atoms with Crippen molar-refractivity contribution < 1.29 is 4.79 Å². The fourth-order valence-electron chi connectivity index (χ4n) is 5.93.